The fraction of sp³-hybridized carbons (Fsp3) is 0.579. The Morgan fingerprint density at radius 2 is 1.76 bits per heavy atom. The highest BCUT2D eigenvalue weighted by Gasteiger charge is 2.29. The van der Waals surface area contributed by atoms with Gasteiger partial charge in [0.1, 0.15) is 0 Å². The van der Waals surface area contributed by atoms with Gasteiger partial charge in [0.25, 0.3) is 0 Å². The maximum absolute atomic E-state index is 12.7. The van der Waals surface area contributed by atoms with Gasteiger partial charge >= 0.3 is 12.0 Å². The van der Waals surface area contributed by atoms with Gasteiger partial charge in [0.15, 0.2) is 0 Å². The van der Waals surface area contributed by atoms with Crippen molar-refractivity contribution in [2.75, 3.05) is 6.54 Å². The fourth-order valence-electron chi connectivity index (χ4n) is 3.22. The molecular weight excluding hydrogens is 320 g/mol. The van der Waals surface area contributed by atoms with E-state index in [1.165, 1.54) is 0 Å². The summed E-state index contributed by atoms with van der Waals surface area (Å²) in [4.78, 5) is 25.3. The molecular formula is C19H28N2O4. The van der Waals surface area contributed by atoms with Gasteiger partial charge in [0.05, 0.1) is 18.1 Å². The van der Waals surface area contributed by atoms with Crippen LogP contribution in [0.25, 0.3) is 0 Å². The Kier molecular flexibility index (Phi) is 6.42. The lowest BCUT2D eigenvalue weighted by atomic mass is 9.86. The first-order chi connectivity index (χ1) is 11.7. The Hall–Kier alpha value is -2.08. The number of aliphatic hydroxyl groups is 1. The summed E-state index contributed by atoms with van der Waals surface area (Å²) >= 11 is 0. The van der Waals surface area contributed by atoms with E-state index in [0.29, 0.717) is 32.2 Å². The van der Waals surface area contributed by atoms with Crippen molar-refractivity contribution in [3.63, 3.8) is 0 Å². The number of carbonyl (C=O) groups is 2. The molecule has 0 saturated heterocycles. The zero-order valence-corrected chi connectivity index (χ0v) is 14.9. The van der Waals surface area contributed by atoms with E-state index >= 15 is 0 Å². The van der Waals surface area contributed by atoms with Gasteiger partial charge < -0.3 is 20.4 Å². The van der Waals surface area contributed by atoms with Gasteiger partial charge in [-0.1, -0.05) is 30.3 Å². The molecule has 1 saturated carbocycles. The summed E-state index contributed by atoms with van der Waals surface area (Å²) in [6.07, 6.45) is 2.52. The summed E-state index contributed by atoms with van der Waals surface area (Å²) in [5, 5.41) is 22.2. The largest absolute Gasteiger partial charge is 0.481 e. The van der Waals surface area contributed by atoms with Crippen molar-refractivity contribution < 1.29 is 19.8 Å². The van der Waals surface area contributed by atoms with Crippen LogP contribution in [-0.2, 0) is 11.3 Å². The van der Waals surface area contributed by atoms with Crippen molar-refractivity contribution in [3.05, 3.63) is 35.9 Å². The molecule has 1 aliphatic carbocycles. The van der Waals surface area contributed by atoms with E-state index in [-0.39, 0.29) is 24.5 Å². The Labute approximate surface area is 148 Å². The number of hydrogen-bond donors (Lipinski definition) is 3. The highest BCUT2D eigenvalue weighted by atomic mass is 16.4. The Morgan fingerprint density at radius 3 is 2.28 bits per heavy atom. The summed E-state index contributed by atoms with van der Waals surface area (Å²) in [5.41, 5.74) is 0.00378. The van der Waals surface area contributed by atoms with Crippen LogP contribution in [0.2, 0.25) is 0 Å². The molecule has 1 aromatic carbocycles. The van der Waals surface area contributed by atoms with Gasteiger partial charge in [-0.05, 0) is 45.1 Å². The maximum Gasteiger partial charge on any atom is 0.318 e. The monoisotopic (exact) mass is 348 g/mol. The SMILES string of the molecule is CC(C)(O)CN(Cc1ccccc1)C(=O)NC1CCC(C(=O)O)CC1. The van der Waals surface area contributed by atoms with E-state index in [2.05, 4.69) is 5.32 Å². The van der Waals surface area contributed by atoms with Crippen molar-refractivity contribution in [2.24, 2.45) is 5.92 Å². The van der Waals surface area contributed by atoms with Gasteiger partial charge in [-0.15, -0.1) is 0 Å². The van der Waals surface area contributed by atoms with Crippen LogP contribution in [0.15, 0.2) is 30.3 Å². The first kappa shape index (κ1) is 19.2. The Morgan fingerprint density at radius 1 is 1.16 bits per heavy atom. The first-order valence-corrected chi connectivity index (χ1v) is 8.79. The first-order valence-electron chi connectivity index (χ1n) is 8.79. The highest BCUT2D eigenvalue weighted by molar-refractivity contribution is 5.75. The quantitative estimate of drug-likeness (QED) is 0.737. The molecule has 0 unspecified atom stereocenters. The van der Waals surface area contributed by atoms with E-state index in [4.69, 9.17) is 5.11 Å². The number of hydrogen-bond acceptors (Lipinski definition) is 3. The van der Waals surface area contributed by atoms with Gasteiger partial charge in [0, 0.05) is 12.6 Å². The third-order valence-corrected chi connectivity index (χ3v) is 4.49. The molecule has 0 spiro atoms. The van der Waals surface area contributed by atoms with Crippen LogP contribution in [0.1, 0.15) is 45.1 Å². The summed E-state index contributed by atoms with van der Waals surface area (Å²) < 4.78 is 0. The average Bonchev–Trinajstić information content (AvgIpc) is 2.54. The van der Waals surface area contributed by atoms with Crippen LogP contribution in [0.4, 0.5) is 4.79 Å². The van der Waals surface area contributed by atoms with Crippen molar-refractivity contribution in [1.82, 2.24) is 10.2 Å². The smallest absolute Gasteiger partial charge is 0.318 e. The minimum atomic E-state index is -0.993. The summed E-state index contributed by atoms with van der Waals surface area (Å²) in [7, 11) is 0. The predicted molar refractivity (Wildman–Crippen MR) is 95.1 cm³/mol. The van der Waals surface area contributed by atoms with Crippen LogP contribution >= 0.6 is 0 Å². The molecule has 0 atom stereocenters. The number of nitrogens with zero attached hydrogens (tertiary/aromatic N) is 1. The van der Waals surface area contributed by atoms with Crippen molar-refractivity contribution in [3.8, 4) is 0 Å². The molecule has 6 nitrogen and oxygen atoms in total. The van der Waals surface area contributed by atoms with E-state index in [0.717, 1.165) is 5.56 Å². The Balaban J connectivity index is 1.96. The number of urea groups is 1. The molecule has 2 amide bonds. The highest BCUT2D eigenvalue weighted by Crippen LogP contribution is 2.24. The predicted octanol–water partition coefficient (Wildman–Crippen LogP) is 2.61. The number of amides is 2. The van der Waals surface area contributed by atoms with E-state index in [1.807, 2.05) is 30.3 Å². The molecule has 25 heavy (non-hydrogen) atoms. The minimum Gasteiger partial charge on any atom is -0.481 e. The molecule has 0 radical (unpaired) electrons. The summed E-state index contributed by atoms with van der Waals surface area (Å²) in [5.74, 6) is -1.05. The second-order valence-corrected chi connectivity index (χ2v) is 7.49. The number of nitrogens with one attached hydrogen (secondary N) is 1. The topological polar surface area (TPSA) is 89.9 Å². The van der Waals surface area contributed by atoms with E-state index in [1.54, 1.807) is 18.7 Å². The molecule has 0 aromatic heterocycles. The summed E-state index contributed by atoms with van der Waals surface area (Å²) in [6, 6.07) is 9.43. The Bertz CT molecular complexity index is 575. The molecule has 0 aliphatic heterocycles. The number of carbonyl (C=O) groups excluding carboxylic acids is 1. The van der Waals surface area contributed by atoms with Crippen molar-refractivity contribution in [1.29, 1.82) is 0 Å². The molecule has 2 rings (SSSR count). The molecule has 138 valence electrons. The van der Waals surface area contributed by atoms with Crippen LogP contribution in [0.5, 0.6) is 0 Å². The molecule has 3 N–H and O–H groups in total. The zero-order chi connectivity index (χ0) is 18.4. The minimum absolute atomic E-state index is 0.0109. The van der Waals surface area contributed by atoms with Gasteiger partial charge in [-0.2, -0.15) is 0 Å². The molecule has 0 heterocycles. The van der Waals surface area contributed by atoms with Crippen molar-refractivity contribution >= 4 is 12.0 Å². The third-order valence-electron chi connectivity index (χ3n) is 4.49. The van der Waals surface area contributed by atoms with E-state index in [9.17, 15) is 14.7 Å². The van der Waals surface area contributed by atoms with E-state index < -0.39 is 11.6 Å². The lowest BCUT2D eigenvalue weighted by Crippen LogP contribution is -2.50. The average molecular weight is 348 g/mol. The molecule has 1 aromatic rings. The number of benzene rings is 1. The van der Waals surface area contributed by atoms with Crippen LogP contribution in [0.3, 0.4) is 0 Å². The number of rotatable bonds is 6. The van der Waals surface area contributed by atoms with Gasteiger partial charge in [0.2, 0.25) is 0 Å². The second-order valence-electron chi connectivity index (χ2n) is 7.49. The fourth-order valence-corrected chi connectivity index (χ4v) is 3.22. The second kappa shape index (κ2) is 8.34. The standard InChI is InChI=1S/C19H28N2O4/c1-19(2,25)13-21(12-14-6-4-3-5-7-14)18(24)20-16-10-8-15(9-11-16)17(22)23/h3-7,15-16,25H,8-13H2,1-2H3,(H,20,24)(H,22,23). The lowest BCUT2D eigenvalue weighted by molar-refractivity contribution is -0.142. The third kappa shape index (κ3) is 6.38. The molecule has 1 aliphatic rings. The van der Waals surface area contributed by atoms with Gasteiger partial charge in [-0.25, -0.2) is 4.79 Å². The van der Waals surface area contributed by atoms with Crippen LogP contribution in [0, 0.1) is 5.92 Å². The van der Waals surface area contributed by atoms with Crippen LogP contribution < -0.4 is 5.32 Å². The number of carboxylic acid groups (broad SMARTS) is 1. The molecule has 6 heteroatoms. The lowest BCUT2D eigenvalue weighted by Gasteiger charge is -2.33. The van der Waals surface area contributed by atoms with Crippen molar-refractivity contribution in [2.45, 2.75) is 57.7 Å². The van der Waals surface area contributed by atoms with Crippen LogP contribution in [-0.4, -0.2) is 45.3 Å². The normalized spacial score (nSPS) is 20.8. The molecule has 1 fully saturated rings. The number of aliphatic carboxylic acids is 1. The molecule has 0 bridgehead atoms. The number of carboxylic acids is 1. The van der Waals surface area contributed by atoms with Gasteiger partial charge in [-0.3, -0.25) is 4.79 Å². The zero-order valence-electron chi connectivity index (χ0n) is 14.9. The maximum atomic E-state index is 12.7. The summed E-state index contributed by atoms with van der Waals surface area (Å²) in [6.45, 7) is 3.99.